The number of halogens is 1. The van der Waals surface area contributed by atoms with Crippen molar-refractivity contribution in [2.24, 2.45) is 5.73 Å². The summed E-state index contributed by atoms with van der Waals surface area (Å²) in [6.45, 7) is 4.93. The smallest absolute Gasteiger partial charge is 0.164 e. The van der Waals surface area contributed by atoms with Crippen molar-refractivity contribution in [1.29, 1.82) is 5.41 Å². The number of hydrogen-bond acceptors (Lipinski definition) is 4. The zero-order valence-electron chi connectivity index (χ0n) is 15.8. The summed E-state index contributed by atoms with van der Waals surface area (Å²) in [6, 6.07) is 11.5. The van der Waals surface area contributed by atoms with Crippen LogP contribution in [0.5, 0.6) is 17.2 Å². The molecule has 0 saturated heterocycles. The molecular formula is C21H27FN2O3. The van der Waals surface area contributed by atoms with E-state index in [0.29, 0.717) is 30.3 Å². The molecule has 5 nitrogen and oxygen atoms in total. The zero-order valence-corrected chi connectivity index (χ0v) is 15.8. The summed E-state index contributed by atoms with van der Waals surface area (Å²) in [5.41, 5.74) is 6.10. The summed E-state index contributed by atoms with van der Waals surface area (Å²) in [7, 11) is 0. The third kappa shape index (κ3) is 7.17. The second-order valence-corrected chi connectivity index (χ2v) is 6.45. The molecule has 0 spiro atoms. The molecule has 27 heavy (non-hydrogen) atoms. The molecule has 0 saturated carbocycles. The van der Waals surface area contributed by atoms with Crippen molar-refractivity contribution in [3.8, 4) is 17.2 Å². The SMILES string of the molecule is CC(C)Oc1cc(F)ccc1OCCCCCOc1ccc(C(=N)N)cc1. The van der Waals surface area contributed by atoms with Crippen LogP contribution in [0.15, 0.2) is 42.5 Å². The van der Waals surface area contributed by atoms with Gasteiger partial charge in [-0.25, -0.2) is 4.39 Å². The average molecular weight is 374 g/mol. The molecule has 0 heterocycles. The number of unbranched alkanes of at least 4 members (excludes halogenated alkanes) is 2. The van der Waals surface area contributed by atoms with E-state index in [0.717, 1.165) is 25.0 Å². The highest BCUT2D eigenvalue weighted by molar-refractivity contribution is 5.94. The lowest BCUT2D eigenvalue weighted by molar-refractivity contribution is 0.217. The maximum absolute atomic E-state index is 13.4. The lowest BCUT2D eigenvalue weighted by Crippen LogP contribution is -2.10. The van der Waals surface area contributed by atoms with Crippen LogP contribution in [0, 0.1) is 11.2 Å². The van der Waals surface area contributed by atoms with Gasteiger partial charge in [0.2, 0.25) is 0 Å². The van der Waals surface area contributed by atoms with E-state index in [1.165, 1.54) is 12.1 Å². The second kappa shape index (κ2) is 10.4. The van der Waals surface area contributed by atoms with Gasteiger partial charge in [0.15, 0.2) is 11.5 Å². The van der Waals surface area contributed by atoms with Crippen molar-refractivity contribution in [3.05, 3.63) is 53.8 Å². The van der Waals surface area contributed by atoms with E-state index < -0.39 is 0 Å². The highest BCUT2D eigenvalue weighted by Gasteiger charge is 2.08. The molecule has 0 fully saturated rings. The van der Waals surface area contributed by atoms with Gasteiger partial charge < -0.3 is 19.9 Å². The maximum atomic E-state index is 13.4. The molecular weight excluding hydrogens is 347 g/mol. The Morgan fingerprint density at radius 1 is 0.963 bits per heavy atom. The van der Waals surface area contributed by atoms with Gasteiger partial charge in [-0.2, -0.15) is 0 Å². The monoisotopic (exact) mass is 374 g/mol. The van der Waals surface area contributed by atoms with Crippen LogP contribution in [0.1, 0.15) is 38.7 Å². The molecule has 0 unspecified atom stereocenters. The number of nitrogens with two attached hydrogens (primary N) is 1. The number of hydrogen-bond donors (Lipinski definition) is 2. The Kier molecular flexibility index (Phi) is 7.92. The molecule has 6 heteroatoms. The molecule has 0 radical (unpaired) electrons. The Balaban J connectivity index is 1.65. The van der Waals surface area contributed by atoms with E-state index in [-0.39, 0.29) is 17.8 Å². The highest BCUT2D eigenvalue weighted by Crippen LogP contribution is 2.29. The van der Waals surface area contributed by atoms with E-state index >= 15 is 0 Å². The number of rotatable bonds is 11. The van der Waals surface area contributed by atoms with Crippen LogP contribution in [0.2, 0.25) is 0 Å². The predicted molar refractivity (Wildman–Crippen MR) is 104 cm³/mol. The summed E-state index contributed by atoms with van der Waals surface area (Å²) in [6.07, 6.45) is 2.67. The molecule has 3 N–H and O–H groups in total. The first-order chi connectivity index (χ1) is 13.0. The van der Waals surface area contributed by atoms with Gasteiger partial charge >= 0.3 is 0 Å². The molecule has 2 rings (SSSR count). The molecule has 0 aliphatic carbocycles. The summed E-state index contributed by atoms with van der Waals surface area (Å²) in [5, 5.41) is 7.36. The van der Waals surface area contributed by atoms with E-state index in [1.807, 2.05) is 26.0 Å². The molecule has 2 aromatic carbocycles. The van der Waals surface area contributed by atoms with E-state index in [1.54, 1.807) is 18.2 Å². The molecule has 0 aliphatic heterocycles. The Labute approximate surface area is 159 Å². The van der Waals surface area contributed by atoms with Crippen LogP contribution in [-0.4, -0.2) is 25.2 Å². The lowest BCUT2D eigenvalue weighted by Gasteiger charge is -2.15. The summed E-state index contributed by atoms with van der Waals surface area (Å²) in [5.74, 6) is 1.46. The highest BCUT2D eigenvalue weighted by atomic mass is 19.1. The fourth-order valence-corrected chi connectivity index (χ4v) is 2.43. The van der Waals surface area contributed by atoms with Crippen LogP contribution >= 0.6 is 0 Å². The Hall–Kier alpha value is -2.76. The van der Waals surface area contributed by atoms with E-state index in [9.17, 15) is 4.39 Å². The lowest BCUT2D eigenvalue weighted by atomic mass is 10.2. The Morgan fingerprint density at radius 2 is 1.63 bits per heavy atom. The van der Waals surface area contributed by atoms with Crippen molar-refractivity contribution in [2.45, 2.75) is 39.2 Å². The van der Waals surface area contributed by atoms with Gasteiger partial charge in [-0.3, -0.25) is 5.41 Å². The largest absolute Gasteiger partial charge is 0.494 e. The quantitative estimate of drug-likeness (QED) is 0.344. The molecule has 0 bridgehead atoms. The van der Waals surface area contributed by atoms with Crippen molar-refractivity contribution >= 4 is 5.84 Å². The first kappa shape index (κ1) is 20.6. The maximum Gasteiger partial charge on any atom is 0.164 e. The normalized spacial score (nSPS) is 10.7. The number of benzene rings is 2. The van der Waals surface area contributed by atoms with Crippen molar-refractivity contribution in [3.63, 3.8) is 0 Å². The van der Waals surface area contributed by atoms with Crippen LogP contribution in [0.4, 0.5) is 4.39 Å². The van der Waals surface area contributed by atoms with Crippen LogP contribution < -0.4 is 19.9 Å². The minimum absolute atomic E-state index is 0.0455. The molecule has 0 aliphatic rings. The van der Waals surface area contributed by atoms with E-state index in [2.05, 4.69) is 0 Å². The van der Waals surface area contributed by atoms with Crippen molar-refractivity contribution in [1.82, 2.24) is 0 Å². The summed E-state index contributed by atoms with van der Waals surface area (Å²) < 4.78 is 30.3. The summed E-state index contributed by atoms with van der Waals surface area (Å²) in [4.78, 5) is 0. The predicted octanol–water partition coefficient (Wildman–Crippen LogP) is 4.53. The fourth-order valence-electron chi connectivity index (χ4n) is 2.43. The van der Waals surface area contributed by atoms with Crippen molar-refractivity contribution in [2.75, 3.05) is 13.2 Å². The third-order valence-corrected chi connectivity index (χ3v) is 3.75. The number of nitrogen functional groups attached to an aromatic ring is 1. The second-order valence-electron chi connectivity index (χ2n) is 6.45. The van der Waals surface area contributed by atoms with Gasteiger partial charge in [0.05, 0.1) is 19.3 Å². The minimum Gasteiger partial charge on any atom is -0.494 e. The first-order valence-electron chi connectivity index (χ1n) is 9.12. The van der Waals surface area contributed by atoms with Crippen LogP contribution in [-0.2, 0) is 0 Å². The van der Waals surface area contributed by atoms with Gasteiger partial charge in [0.25, 0.3) is 0 Å². The summed E-state index contributed by atoms with van der Waals surface area (Å²) >= 11 is 0. The van der Waals surface area contributed by atoms with Gasteiger partial charge in [0, 0.05) is 11.6 Å². The van der Waals surface area contributed by atoms with Crippen LogP contribution in [0.25, 0.3) is 0 Å². The molecule has 2 aromatic rings. The van der Waals surface area contributed by atoms with Gasteiger partial charge in [-0.15, -0.1) is 0 Å². The first-order valence-corrected chi connectivity index (χ1v) is 9.12. The van der Waals surface area contributed by atoms with Gasteiger partial charge in [-0.1, -0.05) is 0 Å². The molecule has 0 amide bonds. The molecule has 0 aromatic heterocycles. The molecule has 146 valence electrons. The average Bonchev–Trinajstić information content (AvgIpc) is 2.62. The zero-order chi connectivity index (χ0) is 19.6. The fraction of sp³-hybridized carbons (Fsp3) is 0.381. The van der Waals surface area contributed by atoms with Crippen LogP contribution in [0.3, 0.4) is 0 Å². The van der Waals surface area contributed by atoms with Crippen molar-refractivity contribution < 1.29 is 18.6 Å². The standard InChI is InChI=1S/C21H27FN2O3/c1-15(2)27-20-14-17(22)8-11-19(20)26-13-5-3-4-12-25-18-9-6-16(7-10-18)21(23)24/h6-11,14-15H,3-5,12-13H2,1-2H3,(H3,23,24). The number of amidine groups is 1. The Bertz CT molecular complexity index is 733. The number of ether oxygens (including phenoxy) is 3. The Morgan fingerprint density at radius 3 is 2.26 bits per heavy atom. The minimum atomic E-state index is -0.341. The molecule has 0 atom stereocenters. The van der Waals surface area contributed by atoms with E-state index in [4.69, 9.17) is 25.4 Å². The van der Waals surface area contributed by atoms with Gasteiger partial charge in [0.1, 0.15) is 17.4 Å². The number of nitrogens with one attached hydrogen (secondary N) is 1. The van der Waals surface area contributed by atoms with Gasteiger partial charge in [-0.05, 0) is 69.5 Å². The topological polar surface area (TPSA) is 77.6 Å². The third-order valence-electron chi connectivity index (χ3n) is 3.75.